The molecule has 0 aliphatic rings. The minimum absolute atomic E-state index is 0.0462. The topological polar surface area (TPSA) is 72.2 Å². The molecule has 0 atom stereocenters. The number of halogens is 3. The summed E-state index contributed by atoms with van der Waals surface area (Å²) < 4.78 is 41.0. The highest BCUT2D eigenvalue weighted by Crippen LogP contribution is 2.20. The average Bonchev–Trinajstić information content (AvgIpc) is 2.50. The Balaban J connectivity index is 2.46. The van der Waals surface area contributed by atoms with Crippen molar-refractivity contribution in [3.8, 4) is 5.82 Å². The molecule has 2 heterocycles. The van der Waals surface area contributed by atoms with Crippen LogP contribution in [-0.2, 0) is 0 Å². The summed E-state index contributed by atoms with van der Waals surface area (Å²) in [5, 5.41) is 8.78. The lowest BCUT2D eigenvalue weighted by atomic mass is 10.1. The number of aromatic nitrogens is 2. The van der Waals surface area contributed by atoms with Crippen molar-refractivity contribution in [3.63, 3.8) is 0 Å². The first-order valence-corrected chi connectivity index (χ1v) is 6.28. The van der Waals surface area contributed by atoms with Crippen LogP contribution in [0.3, 0.4) is 0 Å². The maximum Gasteiger partial charge on any atom is 0.341 e. The fourth-order valence-electron chi connectivity index (χ4n) is 2.17. The highest BCUT2D eigenvalue weighted by molar-refractivity contribution is 5.93. The van der Waals surface area contributed by atoms with Crippen molar-refractivity contribution in [2.24, 2.45) is 0 Å². The summed E-state index contributed by atoms with van der Waals surface area (Å²) in [5.74, 6) is -4.61. The standard InChI is InChI=1S/C15H7F3N2O3/c16-7-1-2-13(19-5-7)20-6-9(15(22)23)14(21)8-3-10(17)11(18)4-12(8)20/h1-6H,(H,22,23). The fourth-order valence-corrected chi connectivity index (χ4v) is 2.17. The van der Waals surface area contributed by atoms with Gasteiger partial charge in [-0.25, -0.2) is 22.9 Å². The number of carboxylic acids is 1. The monoisotopic (exact) mass is 320 g/mol. The Kier molecular flexibility index (Phi) is 3.36. The van der Waals surface area contributed by atoms with Gasteiger partial charge in [-0.2, -0.15) is 0 Å². The van der Waals surface area contributed by atoms with Crippen molar-refractivity contribution in [2.75, 3.05) is 0 Å². The van der Waals surface area contributed by atoms with Crippen molar-refractivity contribution in [1.29, 1.82) is 0 Å². The van der Waals surface area contributed by atoms with Gasteiger partial charge in [-0.3, -0.25) is 9.36 Å². The second-order valence-corrected chi connectivity index (χ2v) is 4.67. The van der Waals surface area contributed by atoms with Crippen LogP contribution in [0.4, 0.5) is 13.2 Å². The van der Waals surface area contributed by atoms with Gasteiger partial charge in [-0.1, -0.05) is 0 Å². The molecule has 0 amide bonds. The van der Waals surface area contributed by atoms with Crippen molar-refractivity contribution in [3.05, 3.63) is 69.9 Å². The van der Waals surface area contributed by atoms with Crippen LogP contribution in [0.5, 0.6) is 0 Å². The number of nitrogens with zero attached hydrogens (tertiary/aromatic N) is 2. The number of hydrogen-bond donors (Lipinski definition) is 1. The Hall–Kier alpha value is -3.16. The molecule has 0 bridgehead atoms. The maximum absolute atomic E-state index is 13.5. The van der Waals surface area contributed by atoms with Gasteiger partial charge >= 0.3 is 5.97 Å². The van der Waals surface area contributed by atoms with Gasteiger partial charge in [0.05, 0.1) is 17.1 Å². The number of carboxylic acid groups (broad SMARTS) is 1. The van der Waals surface area contributed by atoms with Gasteiger partial charge in [0.2, 0.25) is 5.43 Å². The van der Waals surface area contributed by atoms with Crippen LogP contribution < -0.4 is 5.43 Å². The van der Waals surface area contributed by atoms with E-state index in [1.807, 2.05) is 0 Å². The third kappa shape index (κ3) is 2.44. The maximum atomic E-state index is 13.5. The van der Waals surface area contributed by atoms with Gasteiger partial charge in [0.1, 0.15) is 17.2 Å². The van der Waals surface area contributed by atoms with Gasteiger partial charge < -0.3 is 5.11 Å². The van der Waals surface area contributed by atoms with E-state index in [2.05, 4.69) is 4.98 Å². The molecule has 0 saturated heterocycles. The second-order valence-electron chi connectivity index (χ2n) is 4.67. The molecule has 0 radical (unpaired) electrons. The highest BCUT2D eigenvalue weighted by atomic mass is 19.2. The van der Waals surface area contributed by atoms with Gasteiger partial charge in [0.15, 0.2) is 11.6 Å². The van der Waals surface area contributed by atoms with Crippen molar-refractivity contribution < 1.29 is 23.1 Å². The van der Waals surface area contributed by atoms with E-state index < -0.39 is 34.4 Å². The van der Waals surface area contributed by atoms with Crippen LogP contribution in [0.1, 0.15) is 10.4 Å². The number of hydrogen-bond acceptors (Lipinski definition) is 3. The molecule has 8 heteroatoms. The van der Waals surface area contributed by atoms with E-state index >= 15 is 0 Å². The SMILES string of the molecule is O=C(O)c1cn(-c2ccc(F)cn2)c2cc(F)c(F)cc2c1=O. The van der Waals surface area contributed by atoms with Gasteiger partial charge in [-0.05, 0) is 18.2 Å². The highest BCUT2D eigenvalue weighted by Gasteiger charge is 2.18. The second kappa shape index (κ2) is 5.24. The zero-order valence-electron chi connectivity index (χ0n) is 11.3. The summed E-state index contributed by atoms with van der Waals surface area (Å²) in [5.41, 5.74) is -1.68. The predicted molar refractivity (Wildman–Crippen MR) is 74.2 cm³/mol. The summed E-state index contributed by atoms with van der Waals surface area (Å²) in [6.07, 6.45) is 1.81. The van der Waals surface area contributed by atoms with E-state index in [1.165, 1.54) is 6.07 Å². The Morgan fingerprint density at radius 3 is 2.43 bits per heavy atom. The third-order valence-electron chi connectivity index (χ3n) is 3.23. The lowest BCUT2D eigenvalue weighted by molar-refractivity contribution is 0.0695. The molecule has 23 heavy (non-hydrogen) atoms. The molecular formula is C15H7F3N2O3. The summed E-state index contributed by atoms with van der Waals surface area (Å²) >= 11 is 0. The number of fused-ring (bicyclic) bond motifs is 1. The normalized spacial score (nSPS) is 10.9. The molecular weight excluding hydrogens is 313 g/mol. The van der Waals surface area contributed by atoms with Crippen LogP contribution in [0.25, 0.3) is 16.7 Å². The lowest BCUT2D eigenvalue weighted by Gasteiger charge is -2.12. The zero-order valence-corrected chi connectivity index (χ0v) is 11.3. The summed E-state index contributed by atoms with van der Waals surface area (Å²) in [6.45, 7) is 0. The molecule has 1 aromatic carbocycles. The number of pyridine rings is 2. The molecule has 0 aliphatic carbocycles. The smallest absolute Gasteiger partial charge is 0.341 e. The van der Waals surface area contributed by atoms with Gasteiger partial charge in [-0.15, -0.1) is 0 Å². The first kappa shape index (κ1) is 14.8. The lowest BCUT2D eigenvalue weighted by Crippen LogP contribution is -2.19. The van der Waals surface area contributed by atoms with Crippen LogP contribution in [0.15, 0.2) is 41.5 Å². The minimum atomic E-state index is -1.53. The number of carbonyl (C=O) groups is 1. The van der Waals surface area contributed by atoms with Crippen molar-refractivity contribution >= 4 is 16.9 Å². The molecule has 2 aromatic heterocycles. The third-order valence-corrected chi connectivity index (χ3v) is 3.23. The summed E-state index contributed by atoms with van der Waals surface area (Å²) in [7, 11) is 0. The molecule has 5 nitrogen and oxygen atoms in total. The fraction of sp³-hybridized carbons (Fsp3) is 0. The van der Waals surface area contributed by atoms with Crippen LogP contribution in [0, 0.1) is 17.5 Å². The van der Waals surface area contributed by atoms with Crippen LogP contribution in [-0.4, -0.2) is 20.6 Å². The van der Waals surface area contributed by atoms with Crippen molar-refractivity contribution in [1.82, 2.24) is 9.55 Å². The summed E-state index contributed by atoms with van der Waals surface area (Å²) in [4.78, 5) is 27.1. The Morgan fingerprint density at radius 2 is 1.83 bits per heavy atom. The Morgan fingerprint density at radius 1 is 1.13 bits per heavy atom. The molecule has 1 N–H and O–H groups in total. The van der Waals surface area contributed by atoms with E-state index in [0.29, 0.717) is 6.07 Å². The molecule has 0 unspecified atom stereocenters. The first-order chi connectivity index (χ1) is 10.9. The molecule has 3 rings (SSSR count). The van der Waals surface area contributed by atoms with Crippen molar-refractivity contribution in [2.45, 2.75) is 0 Å². The van der Waals surface area contributed by atoms with Crippen LogP contribution >= 0.6 is 0 Å². The van der Waals surface area contributed by atoms with E-state index in [4.69, 9.17) is 5.11 Å². The molecule has 0 aliphatic heterocycles. The van der Waals surface area contributed by atoms with Crippen LogP contribution in [0.2, 0.25) is 0 Å². The first-order valence-electron chi connectivity index (χ1n) is 6.28. The number of rotatable bonds is 2. The van der Waals surface area contributed by atoms with E-state index in [1.54, 1.807) is 0 Å². The molecule has 3 aromatic rings. The Bertz CT molecular complexity index is 998. The van der Waals surface area contributed by atoms with E-state index in [0.717, 1.165) is 29.1 Å². The average molecular weight is 320 g/mol. The summed E-state index contributed by atoms with van der Waals surface area (Å²) in [6, 6.07) is 3.65. The Labute approximate surface area is 126 Å². The van der Waals surface area contributed by atoms with E-state index in [9.17, 15) is 22.8 Å². The zero-order chi connectivity index (χ0) is 16.7. The largest absolute Gasteiger partial charge is 0.477 e. The molecule has 116 valence electrons. The molecule has 0 saturated carbocycles. The molecule has 0 fully saturated rings. The molecule has 0 spiro atoms. The van der Waals surface area contributed by atoms with E-state index in [-0.39, 0.29) is 16.7 Å². The van der Waals surface area contributed by atoms with Gasteiger partial charge in [0.25, 0.3) is 0 Å². The minimum Gasteiger partial charge on any atom is -0.477 e. The number of benzene rings is 1. The number of aromatic carboxylic acids is 1. The van der Waals surface area contributed by atoms with Gasteiger partial charge in [0, 0.05) is 12.3 Å². The quantitative estimate of drug-likeness (QED) is 0.787. The predicted octanol–water partition coefficient (Wildman–Crippen LogP) is 2.50.